The third-order valence-corrected chi connectivity index (χ3v) is 3.42. The maximum Gasteiger partial charge on any atom is 0.100 e. The highest BCUT2D eigenvalue weighted by molar-refractivity contribution is 6.30. The lowest BCUT2D eigenvalue weighted by molar-refractivity contribution is -0.862. The van der Waals surface area contributed by atoms with E-state index >= 15 is 0 Å². The van der Waals surface area contributed by atoms with Gasteiger partial charge in [0.15, 0.2) is 0 Å². The Bertz CT molecular complexity index is 328. The van der Waals surface area contributed by atoms with E-state index in [9.17, 15) is 5.11 Å². The molecule has 0 saturated carbocycles. The summed E-state index contributed by atoms with van der Waals surface area (Å²) in [5.74, 6) is 0. The fourth-order valence-electron chi connectivity index (χ4n) is 2.07. The lowest BCUT2D eigenvalue weighted by atomic mass is 9.85. The second kappa shape index (κ2) is 4.12. The first kappa shape index (κ1) is 10.9. The first-order chi connectivity index (χ1) is 7.10. The van der Waals surface area contributed by atoms with Crippen molar-refractivity contribution in [2.24, 2.45) is 0 Å². The SMILES string of the molecule is [CH2-][NH+]1CCC(O)(c2ccc(Cl)cc2)CC1. The predicted octanol–water partition coefficient (Wildman–Crippen LogP) is 0.998. The van der Waals surface area contributed by atoms with Crippen LogP contribution in [0.25, 0.3) is 0 Å². The molecule has 0 aromatic heterocycles. The van der Waals surface area contributed by atoms with Gasteiger partial charge in [-0.15, -0.1) is 0 Å². The maximum atomic E-state index is 10.5. The summed E-state index contributed by atoms with van der Waals surface area (Å²) in [4.78, 5) is 1.24. The minimum absolute atomic E-state index is 0.675. The number of nitrogens with one attached hydrogen (secondary N) is 1. The Kier molecular flexibility index (Phi) is 3.01. The fourth-order valence-corrected chi connectivity index (χ4v) is 2.19. The second-order valence-corrected chi connectivity index (χ2v) is 4.72. The van der Waals surface area contributed by atoms with E-state index in [0.717, 1.165) is 31.5 Å². The normalized spacial score (nSPS) is 31.5. The van der Waals surface area contributed by atoms with Crippen LogP contribution in [0.4, 0.5) is 0 Å². The van der Waals surface area contributed by atoms with Gasteiger partial charge < -0.3 is 10.0 Å². The Morgan fingerprint density at radius 2 is 1.73 bits per heavy atom. The van der Waals surface area contributed by atoms with E-state index in [1.807, 2.05) is 24.3 Å². The van der Waals surface area contributed by atoms with E-state index < -0.39 is 5.60 Å². The van der Waals surface area contributed by atoms with Crippen molar-refractivity contribution < 1.29 is 10.0 Å². The molecule has 82 valence electrons. The molecule has 0 atom stereocenters. The zero-order chi connectivity index (χ0) is 10.9. The summed E-state index contributed by atoms with van der Waals surface area (Å²) in [5, 5.41) is 11.2. The van der Waals surface area contributed by atoms with Gasteiger partial charge in [-0.1, -0.05) is 23.7 Å². The van der Waals surface area contributed by atoms with Crippen LogP contribution in [0.2, 0.25) is 5.02 Å². The third-order valence-electron chi connectivity index (χ3n) is 3.17. The van der Waals surface area contributed by atoms with Gasteiger partial charge in [0.2, 0.25) is 0 Å². The van der Waals surface area contributed by atoms with Gasteiger partial charge in [0.25, 0.3) is 0 Å². The molecule has 3 heteroatoms. The summed E-state index contributed by atoms with van der Waals surface area (Å²) >= 11 is 5.82. The van der Waals surface area contributed by atoms with Crippen molar-refractivity contribution in [1.29, 1.82) is 0 Å². The largest absolute Gasteiger partial charge is 0.468 e. The zero-order valence-electron chi connectivity index (χ0n) is 8.67. The van der Waals surface area contributed by atoms with E-state index in [1.165, 1.54) is 4.90 Å². The molecule has 1 aliphatic heterocycles. The summed E-state index contributed by atoms with van der Waals surface area (Å²) in [6.07, 6.45) is 1.54. The fraction of sp³-hybridized carbons (Fsp3) is 0.417. The number of quaternary nitrogens is 1. The molecule has 0 radical (unpaired) electrons. The highest BCUT2D eigenvalue weighted by Gasteiger charge is 2.33. The molecule has 1 fully saturated rings. The third kappa shape index (κ3) is 2.33. The lowest BCUT2D eigenvalue weighted by Gasteiger charge is -2.37. The van der Waals surface area contributed by atoms with Gasteiger partial charge in [-0.3, -0.25) is 0 Å². The van der Waals surface area contributed by atoms with Crippen molar-refractivity contribution in [3.63, 3.8) is 0 Å². The minimum atomic E-state index is -0.675. The number of likely N-dealkylation sites (tertiary alicyclic amines) is 1. The average Bonchev–Trinajstić information content (AvgIpc) is 2.24. The molecule has 2 nitrogen and oxygen atoms in total. The average molecular weight is 226 g/mol. The lowest BCUT2D eigenvalue weighted by Crippen LogP contribution is -3.08. The molecule has 1 aromatic carbocycles. The molecule has 0 aliphatic carbocycles. The van der Waals surface area contributed by atoms with Gasteiger partial charge >= 0.3 is 0 Å². The van der Waals surface area contributed by atoms with Gasteiger partial charge in [-0.2, -0.15) is 7.05 Å². The molecule has 15 heavy (non-hydrogen) atoms. The molecule has 1 saturated heterocycles. The van der Waals surface area contributed by atoms with Crippen LogP contribution in [0.15, 0.2) is 24.3 Å². The van der Waals surface area contributed by atoms with Crippen LogP contribution in [0.1, 0.15) is 18.4 Å². The summed E-state index contributed by atoms with van der Waals surface area (Å²) in [5.41, 5.74) is 0.297. The Hall–Kier alpha value is -0.570. The molecule has 2 rings (SSSR count). The molecule has 1 aromatic rings. The topological polar surface area (TPSA) is 24.7 Å². The van der Waals surface area contributed by atoms with Crippen molar-refractivity contribution in [3.05, 3.63) is 41.9 Å². The second-order valence-electron chi connectivity index (χ2n) is 4.29. The minimum Gasteiger partial charge on any atom is -0.468 e. The van der Waals surface area contributed by atoms with Crippen molar-refractivity contribution in [2.45, 2.75) is 18.4 Å². The zero-order valence-corrected chi connectivity index (χ0v) is 9.43. The molecular weight excluding hydrogens is 210 g/mol. The Morgan fingerprint density at radius 1 is 1.20 bits per heavy atom. The monoisotopic (exact) mass is 225 g/mol. The predicted molar refractivity (Wildman–Crippen MR) is 60.6 cm³/mol. The first-order valence-electron chi connectivity index (χ1n) is 5.25. The van der Waals surface area contributed by atoms with E-state index in [1.54, 1.807) is 0 Å². The van der Waals surface area contributed by atoms with Crippen LogP contribution in [0.5, 0.6) is 0 Å². The number of hydrogen-bond acceptors (Lipinski definition) is 1. The number of benzene rings is 1. The first-order valence-corrected chi connectivity index (χ1v) is 5.63. The molecule has 0 spiro atoms. The Balaban J connectivity index is 2.18. The van der Waals surface area contributed by atoms with Crippen LogP contribution in [0.3, 0.4) is 0 Å². The summed E-state index contributed by atoms with van der Waals surface area (Å²) in [6, 6.07) is 7.49. The number of hydrogen-bond donors (Lipinski definition) is 2. The van der Waals surface area contributed by atoms with E-state index in [0.29, 0.717) is 5.02 Å². The molecular formula is C12H16ClNO. The van der Waals surface area contributed by atoms with Gasteiger partial charge in [-0.25, -0.2) is 0 Å². The highest BCUT2D eigenvalue weighted by atomic mass is 35.5. The van der Waals surface area contributed by atoms with Gasteiger partial charge in [-0.05, 0) is 17.7 Å². The van der Waals surface area contributed by atoms with Crippen molar-refractivity contribution in [2.75, 3.05) is 13.1 Å². The standard InChI is InChI=1S/C12H16ClNO/c1-14-8-6-12(15,7-9-14)10-2-4-11(13)5-3-10/h2-5,14-15H,1,6-9H2. The van der Waals surface area contributed by atoms with Gasteiger partial charge in [0.05, 0.1) is 13.1 Å². The highest BCUT2D eigenvalue weighted by Crippen LogP contribution is 2.29. The van der Waals surface area contributed by atoms with Crippen LogP contribution in [-0.4, -0.2) is 18.2 Å². The number of aliphatic hydroxyl groups is 1. The number of halogens is 1. The van der Waals surface area contributed by atoms with Crippen LogP contribution in [0, 0.1) is 7.05 Å². The van der Waals surface area contributed by atoms with Crippen LogP contribution >= 0.6 is 11.6 Å². The molecule has 2 N–H and O–H groups in total. The summed E-state index contributed by atoms with van der Waals surface area (Å²) in [6.45, 7) is 1.83. The molecule has 0 unspecified atom stereocenters. The maximum absolute atomic E-state index is 10.5. The van der Waals surface area contributed by atoms with E-state index in [-0.39, 0.29) is 0 Å². The Labute approximate surface area is 95.5 Å². The quantitative estimate of drug-likeness (QED) is 0.685. The molecule has 1 aliphatic rings. The van der Waals surface area contributed by atoms with Crippen molar-refractivity contribution in [1.82, 2.24) is 0 Å². The molecule has 0 bridgehead atoms. The van der Waals surface area contributed by atoms with Gasteiger partial charge in [0.1, 0.15) is 5.60 Å². The number of piperidine rings is 1. The molecule has 0 amide bonds. The smallest absolute Gasteiger partial charge is 0.100 e. The van der Waals surface area contributed by atoms with Crippen LogP contribution < -0.4 is 4.90 Å². The summed E-state index contributed by atoms with van der Waals surface area (Å²) in [7, 11) is 3.96. The van der Waals surface area contributed by atoms with E-state index in [2.05, 4.69) is 7.05 Å². The van der Waals surface area contributed by atoms with Crippen LogP contribution in [-0.2, 0) is 5.60 Å². The Morgan fingerprint density at radius 3 is 2.27 bits per heavy atom. The van der Waals surface area contributed by atoms with Crippen molar-refractivity contribution in [3.8, 4) is 0 Å². The van der Waals surface area contributed by atoms with Gasteiger partial charge in [0, 0.05) is 17.9 Å². The molecule has 1 heterocycles. The number of rotatable bonds is 1. The van der Waals surface area contributed by atoms with E-state index in [4.69, 9.17) is 11.6 Å². The summed E-state index contributed by atoms with van der Waals surface area (Å²) < 4.78 is 0. The van der Waals surface area contributed by atoms with Crippen molar-refractivity contribution >= 4 is 11.6 Å².